The van der Waals surface area contributed by atoms with Gasteiger partial charge in [-0.15, -0.1) is 0 Å². The molecule has 174 valence electrons. The first kappa shape index (κ1) is 24.3. The molecule has 10 heteroatoms. The van der Waals surface area contributed by atoms with Crippen molar-refractivity contribution < 1.29 is 22.8 Å². The topological polar surface area (TPSA) is 76.0 Å². The van der Waals surface area contributed by atoms with Crippen LogP contribution in [0.15, 0.2) is 48.7 Å². The standard InChI is InChI=1S/C23H22ClF3N4O2/c1-4-20(32)29-16-9-15(24)10-17(11-16)30-22(33)19-12-28-31(21(19)23(25,26)27)18-7-5-14(6-8-18)13(2)3/h5-13H,4H2,1-3H3,(H,29,32)(H,30,33). The van der Waals surface area contributed by atoms with Gasteiger partial charge >= 0.3 is 6.18 Å². The second-order valence-electron chi connectivity index (χ2n) is 7.65. The smallest absolute Gasteiger partial charge is 0.326 e. The highest BCUT2D eigenvalue weighted by atomic mass is 35.5. The second-order valence-corrected chi connectivity index (χ2v) is 8.08. The molecule has 0 atom stereocenters. The van der Waals surface area contributed by atoms with Crippen molar-refractivity contribution in [3.63, 3.8) is 0 Å². The lowest BCUT2D eigenvalue weighted by Gasteiger charge is -2.14. The highest BCUT2D eigenvalue weighted by Gasteiger charge is 2.40. The van der Waals surface area contributed by atoms with E-state index in [1.165, 1.54) is 30.3 Å². The predicted molar refractivity (Wildman–Crippen MR) is 121 cm³/mol. The van der Waals surface area contributed by atoms with Gasteiger partial charge in [0, 0.05) is 22.8 Å². The summed E-state index contributed by atoms with van der Waals surface area (Å²) in [5, 5.41) is 9.01. The zero-order valence-corrected chi connectivity index (χ0v) is 18.9. The monoisotopic (exact) mass is 478 g/mol. The number of carbonyl (C=O) groups is 2. The molecule has 2 N–H and O–H groups in total. The molecule has 1 aromatic heterocycles. The van der Waals surface area contributed by atoms with E-state index in [4.69, 9.17) is 11.6 Å². The third kappa shape index (κ3) is 5.73. The number of benzene rings is 2. The summed E-state index contributed by atoms with van der Waals surface area (Å²) in [6, 6.07) is 10.7. The van der Waals surface area contributed by atoms with E-state index in [9.17, 15) is 22.8 Å². The summed E-state index contributed by atoms with van der Waals surface area (Å²) in [5.41, 5.74) is -0.265. The zero-order chi connectivity index (χ0) is 24.3. The number of alkyl halides is 3. The molecule has 2 aromatic carbocycles. The second kappa shape index (κ2) is 9.66. The molecular formula is C23H22ClF3N4O2. The average Bonchev–Trinajstić information content (AvgIpc) is 3.19. The van der Waals surface area contributed by atoms with Crippen molar-refractivity contribution in [2.24, 2.45) is 0 Å². The first-order valence-electron chi connectivity index (χ1n) is 10.2. The highest BCUT2D eigenvalue weighted by Crippen LogP contribution is 2.34. The molecule has 0 saturated carbocycles. The Balaban J connectivity index is 1.95. The van der Waals surface area contributed by atoms with E-state index >= 15 is 0 Å². The minimum Gasteiger partial charge on any atom is -0.326 e. The Morgan fingerprint density at radius 1 is 1.06 bits per heavy atom. The Labute approximate surface area is 193 Å². The van der Waals surface area contributed by atoms with E-state index < -0.39 is 23.3 Å². The van der Waals surface area contributed by atoms with Crippen molar-refractivity contribution in [2.45, 2.75) is 39.3 Å². The number of rotatable bonds is 6. The van der Waals surface area contributed by atoms with Gasteiger partial charge in [-0.2, -0.15) is 18.3 Å². The predicted octanol–water partition coefficient (Wildman–Crippen LogP) is 6.27. The van der Waals surface area contributed by atoms with Gasteiger partial charge in [-0.1, -0.05) is 44.5 Å². The molecule has 0 radical (unpaired) electrons. The zero-order valence-electron chi connectivity index (χ0n) is 18.1. The molecule has 0 aliphatic heterocycles. The molecule has 0 bridgehead atoms. The number of halogens is 4. The summed E-state index contributed by atoms with van der Waals surface area (Å²) in [6.45, 7) is 5.61. The van der Waals surface area contributed by atoms with Gasteiger partial charge in [-0.05, 0) is 41.8 Å². The van der Waals surface area contributed by atoms with E-state index in [0.717, 1.165) is 11.8 Å². The Morgan fingerprint density at radius 2 is 1.67 bits per heavy atom. The Kier molecular flexibility index (Phi) is 7.12. The van der Waals surface area contributed by atoms with Crippen molar-refractivity contribution in [1.82, 2.24) is 9.78 Å². The summed E-state index contributed by atoms with van der Waals surface area (Å²) in [5.74, 6) is -1.08. The van der Waals surface area contributed by atoms with Crippen LogP contribution >= 0.6 is 11.6 Å². The number of hydrogen-bond acceptors (Lipinski definition) is 3. The fourth-order valence-corrected chi connectivity index (χ4v) is 3.40. The Hall–Kier alpha value is -3.33. The molecule has 3 aromatic rings. The lowest BCUT2D eigenvalue weighted by atomic mass is 10.0. The fraction of sp³-hybridized carbons (Fsp3) is 0.261. The molecule has 3 rings (SSSR count). The van der Waals surface area contributed by atoms with Crippen LogP contribution in [0.25, 0.3) is 5.69 Å². The lowest BCUT2D eigenvalue weighted by molar-refractivity contribution is -0.143. The minimum absolute atomic E-state index is 0.126. The number of hydrogen-bond donors (Lipinski definition) is 2. The Morgan fingerprint density at radius 3 is 2.21 bits per heavy atom. The van der Waals surface area contributed by atoms with Crippen LogP contribution in [-0.4, -0.2) is 21.6 Å². The van der Waals surface area contributed by atoms with Crippen LogP contribution in [0.5, 0.6) is 0 Å². The molecule has 0 unspecified atom stereocenters. The fourth-order valence-electron chi connectivity index (χ4n) is 3.17. The normalized spacial score (nSPS) is 11.5. The van der Waals surface area contributed by atoms with Crippen LogP contribution in [0.2, 0.25) is 5.02 Å². The summed E-state index contributed by atoms with van der Waals surface area (Å²) >= 11 is 6.03. The van der Waals surface area contributed by atoms with E-state index in [1.807, 2.05) is 13.8 Å². The van der Waals surface area contributed by atoms with Gasteiger partial charge in [0.1, 0.15) is 0 Å². The average molecular weight is 479 g/mol. The third-order valence-electron chi connectivity index (χ3n) is 4.85. The first-order valence-corrected chi connectivity index (χ1v) is 10.5. The maximum Gasteiger partial charge on any atom is 0.434 e. The van der Waals surface area contributed by atoms with Gasteiger partial charge in [0.25, 0.3) is 5.91 Å². The molecule has 2 amide bonds. The summed E-state index contributed by atoms with van der Waals surface area (Å²) in [7, 11) is 0. The van der Waals surface area contributed by atoms with Crippen LogP contribution in [0.4, 0.5) is 24.5 Å². The maximum atomic E-state index is 13.9. The van der Waals surface area contributed by atoms with Gasteiger partial charge < -0.3 is 10.6 Å². The van der Waals surface area contributed by atoms with Crippen molar-refractivity contribution in [3.8, 4) is 5.69 Å². The van der Waals surface area contributed by atoms with Gasteiger partial charge in [-0.25, -0.2) is 4.68 Å². The maximum absolute atomic E-state index is 13.9. The summed E-state index contributed by atoms with van der Waals surface area (Å²) < 4.78 is 42.5. The van der Waals surface area contributed by atoms with Crippen LogP contribution in [0.1, 0.15) is 54.7 Å². The van der Waals surface area contributed by atoms with E-state index in [0.29, 0.717) is 10.4 Å². The molecule has 0 aliphatic rings. The van der Waals surface area contributed by atoms with Crippen LogP contribution in [-0.2, 0) is 11.0 Å². The first-order chi connectivity index (χ1) is 15.5. The van der Waals surface area contributed by atoms with E-state index in [1.54, 1.807) is 19.1 Å². The molecule has 0 aliphatic carbocycles. The summed E-state index contributed by atoms with van der Waals surface area (Å²) in [4.78, 5) is 24.4. The van der Waals surface area contributed by atoms with Crippen molar-refractivity contribution >= 4 is 34.8 Å². The molecule has 0 saturated heterocycles. The van der Waals surface area contributed by atoms with Crippen LogP contribution in [0.3, 0.4) is 0 Å². The summed E-state index contributed by atoms with van der Waals surface area (Å²) in [6.07, 6.45) is -3.74. The van der Waals surface area contributed by atoms with E-state index in [2.05, 4.69) is 15.7 Å². The van der Waals surface area contributed by atoms with Gasteiger partial charge in [0.05, 0.1) is 17.4 Å². The number of nitrogens with zero attached hydrogens (tertiary/aromatic N) is 2. The number of anilines is 2. The van der Waals surface area contributed by atoms with E-state index in [-0.39, 0.29) is 34.6 Å². The largest absolute Gasteiger partial charge is 0.434 e. The number of amides is 2. The molecule has 6 nitrogen and oxygen atoms in total. The lowest BCUT2D eigenvalue weighted by Crippen LogP contribution is -2.21. The van der Waals surface area contributed by atoms with Crippen molar-refractivity contribution in [1.29, 1.82) is 0 Å². The third-order valence-corrected chi connectivity index (χ3v) is 5.07. The SMILES string of the molecule is CCC(=O)Nc1cc(Cl)cc(NC(=O)c2cnn(-c3ccc(C(C)C)cc3)c2C(F)(F)F)c1. The van der Waals surface area contributed by atoms with Crippen molar-refractivity contribution in [2.75, 3.05) is 10.6 Å². The van der Waals surface area contributed by atoms with Crippen molar-refractivity contribution in [3.05, 3.63) is 70.5 Å². The van der Waals surface area contributed by atoms with Crippen LogP contribution in [0, 0.1) is 0 Å². The highest BCUT2D eigenvalue weighted by molar-refractivity contribution is 6.31. The van der Waals surface area contributed by atoms with Gasteiger partial charge in [0.15, 0.2) is 5.69 Å². The molecule has 1 heterocycles. The van der Waals surface area contributed by atoms with Gasteiger partial charge in [0.2, 0.25) is 5.91 Å². The molecule has 0 fully saturated rings. The molecule has 33 heavy (non-hydrogen) atoms. The van der Waals surface area contributed by atoms with Crippen LogP contribution < -0.4 is 10.6 Å². The molecular weight excluding hydrogens is 457 g/mol. The Bertz CT molecular complexity index is 1170. The molecule has 0 spiro atoms. The number of carbonyl (C=O) groups excluding carboxylic acids is 2. The van der Waals surface area contributed by atoms with Gasteiger partial charge in [-0.3, -0.25) is 9.59 Å². The number of aromatic nitrogens is 2. The number of nitrogens with one attached hydrogen (secondary N) is 2. The quantitative estimate of drug-likeness (QED) is 0.438. The minimum atomic E-state index is -4.84.